The maximum Gasteiger partial charge on any atom is 0.131 e. The number of rotatable bonds is 5. The fourth-order valence-electron chi connectivity index (χ4n) is 2.09. The van der Waals surface area contributed by atoms with Crippen LogP contribution in [0.1, 0.15) is 36.4 Å². The second-order valence-electron chi connectivity index (χ2n) is 4.72. The van der Waals surface area contributed by atoms with Crippen molar-refractivity contribution in [3.63, 3.8) is 0 Å². The first-order valence-electron chi connectivity index (χ1n) is 6.62. The van der Waals surface area contributed by atoms with Gasteiger partial charge in [0.15, 0.2) is 0 Å². The van der Waals surface area contributed by atoms with Crippen LogP contribution in [-0.4, -0.2) is 14.9 Å². The summed E-state index contributed by atoms with van der Waals surface area (Å²) >= 11 is 3.52. The number of hydrogen-bond acceptors (Lipinski definition) is 3. The summed E-state index contributed by atoms with van der Waals surface area (Å²) in [6.07, 6.45) is 0.164. The molecule has 1 aromatic heterocycles. The van der Waals surface area contributed by atoms with E-state index in [2.05, 4.69) is 21.0 Å². The quantitative estimate of drug-likeness (QED) is 0.907. The summed E-state index contributed by atoms with van der Waals surface area (Å²) < 4.78 is 8.64. The molecule has 5 heteroatoms. The predicted molar refractivity (Wildman–Crippen MR) is 81.7 cm³/mol. The molecule has 0 aliphatic heterocycles. The van der Waals surface area contributed by atoms with Crippen LogP contribution in [0.2, 0.25) is 0 Å². The van der Waals surface area contributed by atoms with Gasteiger partial charge in [0.2, 0.25) is 0 Å². The van der Waals surface area contributed by atoms with Crippen molar-refractivity contribution in [3.05, 3.63) is 45.7 Å². The Labute approximate surface area is 127 Å². The van der Waals surface area contributed by atoms with E-state index < -0.39 is 6.10 Å². The van der Waals surface area contributed by atoms with E-state index in [1.54, 1.807) is 4.68 Å². The van der Waals surface area contributed by atoms with E-state index in [0.29, 0.717) is 18.8 Å². The topological polar surface area (TPSA) is 47.3 Å². The molecule has 4 nitrogen and oxygen atoms in total. The van der Waals surface area contributed by atoms with E-state index in [1.165, 1.54) is 0 Å². The van der Waals surface area contributed by atoms with Crippen molar-refractivity contribution in [2.75, 3.05) is 0 Å². The summed E-state index contributed by atoms with van der Waals surface area (Å²) in [5, 5.41) is 14.4. The molecule has 0 fully saturated rings. The summed E-state index contributed by atoms with van der Waals surface area (Å²) in [4.78, 5) is 0. The van der Waals surface area contributed by atoms with Gasteiger partial charge < -0.3 is 9.84 Å². The monoisotopic (exact) mass is 338 g/mol. The van der Waals surface area contributed by atoms with Crippen molar-refractivity contribution in [1.82, 2.24) is 9.78 Å². The average Bonchev–Trinajstić information content (AvgIpc) is 2.70. The van der Waals surface area contributed by atoms with E-state index in [-0.39, 0.29) is 0 Å². The van der Waals surface area contributed by atoms with Crippen LogP contribution < -0.4 is 4.74 Å². The maximum atomic E-state index is 10.0. The molecule has 2 rings (SSSR count). The number of aryl methyl sites for hydroxylation is 2. The summed E-state index contributed by atoms with van der Waals surface area (Å²) in [6, 6.07) is 7.59. The predicted octanol–water partition coefficient (Wildman–Crippen LogP) is 3.51. The van der Waals surface area contributed by atoms with Crippen molar-refractivity contribution >= 4 is 15.9 Å². The van der Waals surface area contributed by atoms with Gasteiger partial charge >= 0.3 is 0 Å². The third kappa shape index (κ3) is 3.04. The zero-order chi connectivity index (χ0) is 14.7. The van der Waals surface area contributed by atoms with Crippen molar-refractivity contribution < 1.29 is 9.84 Å². The number of hydrogen-bond donors (Lipinski definition) is 1. The van der Waals surface area contributed by atoms with Gasteiger partial charge in [-0.2, -0.15) is 5.10 Å². The first-order chi connectivity index (χ1) is 9.54. The smallest absolute Gasteiger partial charge is 0.131 e. The molecule has 0 bridgehead atoms. The Morgan fingerprint density at radius 3 is 2.70 bits per heavy atom. The number of nitrogens with zero attached hydrogens (tertiary/aromatic N) is 2. The molecule has 0 unspecified atom stereocenters. The van der Waals surface area contributed by atoms with Crippen LogP contribution in [0.4, 0.5) is 0 Å². The Hall–Kier alpha value is -1.33. The highest BCUT2D eigenvalue weighted by atomic mass is 79.9. The molecule has 0 saturated carbocycles. The van der Waals surface area contributed by atoms with E-state index >= 15 is 0 Å². The lowest BCUT2D eigenvalue weighted by Gasteiger charge is -2.15. The van der Waals surface area contributed by atoms with Crippen LogP contribution in [0.15, 0.2) is 28.7 Å². The number of aromatic nitrogens is 2. The highest BCUT2D eigenvalue weighted by Gasteiger charge is 2.14. The Balaban J connectivity index is 2.19. The molecule has 1 heterocycles. The molecule has 1 N–H and O–H groups in total. The lowest BCUT2D eigenvalue weighted by atomic mass is 10.1. The van der Waals surface area contributed by atoms with Crippen LogP contribution >= 0.6 is 15.9 Å². The normalized spacial score (nSPS) is 12.4. The molecule has 108 valence electrons. The zero-order valence-electron chi connectivity index (χ0n) is 11.9. The molecule has 20 heavy (non-hydrogen) atoms. The molecule has 0 radical (unpaired) electrons. The minimum absolute atomic E-state index is 0.408. The number of ether oxygens (including phenoxy) is 1. The molecule has 0 saturated heterocycles. The second kappa shape index (κ2) is 6.41. The first-order valence-corrected chi connectivity index (χ1v) is 7.41. The van der Waals surface area contributed by atoms with Crippen molar-refractivity contribution in [1.29, 1.82) is 0 Å². The number of halogens is 1. The molecule has 0 amide bonds. The molecule has 1 aromatic carbocycles. The maximum absolute atomic E-state index is 10.0. The number of aliphatic hydroxyl groups is 1. The lowest BCUT2D eigenvalue weighted by molar-refractivity contribution is 0.166. The van der Waals surface area contributed by atoms with Gasteiger partial charge in [-0.25, -0.2) is 0 Å². The number of para-hydroxylation sites is 1. The van der Waals surface area contributed by atoms with E-state index in [9.17, 15) is 5.11 Å². The second-order valence-corrected chi connectivity index (χ2v) is 5.51. The summed E-state index contributed by atoms with van der Waals surface area (Å²) in [6.45, 7) is 4.30. The Morgan fingerprint density at radius 1 is 1.40 bits per heavy atom. The Morgan fingerprint density at radius 2 is 2.10 bits per heavy atom. The summed E-state index contributed by atoms with van der Waals surface area (Å²) in [5.41, 5.74) is 2.74. The summed E-state index contributed by atoms with van der Waals surface area (Å²) in [7, 11) is 1.89. The fourth-order valence-corrected chi connectivity index (χ4v) is 2.54. The minimum Gasteiger partial charge on any atom is -0.487 e. The van der Waals surface area contributed by atoms with Gasteiger partial charge in [0.1, 0.15) is 12.4 Å². The van der Waals surface area contributed by atoms with Gasteiger partial charge in [0.05, 0.1) is 22.0 Å². The van der Waals surface area contributed by atoms with Crippen LogP contribution in [0.25, 0.3) is 0 Å². The Kier molecular flexibility index (Phi) is 4.83. The molecule has 1 atom stereocenters. The van der Waals surface area contributed by atoms with Gasteiger partial charge in [-0.1, -0.05) is 25.1 Å². The van der Waals surface area contributed by atoms with Crippen molar-refractivity contribution in [2.45, 2.75) is 33.0 Å². The highest BCUT2D eigenvalue weighted by molar-refractivity contribution is 9.10. The van der Waals surface area contributed by atoms with Crippen LogP contribution in [-0.2, 0) is 13.7 Å². The van der Waals surface area contributed by atoms with E-state index in [4.69, 9.17) is 4.74 Å². The molecule has 2 aromatic rings. The minimum atomic E-state index is -0.497. The SMILES string of the molecule is CC[C@@H](O)c1ccccc1OCc1c(Br)c(C)nn1C. The first kappa shape index (κ1) is 15.1. The van der Waals surface area contributed by atoms with Gasteiger partial charge in [-0.3, -0.25) is 4.68 Å². The third-order valence-electron chi connectivity index (χ3n) is 3.29. The molecule has 0 aliphatic carbocycles. The largest absolute Gasteiger partial charge is 0.487 e. The van der Waals surface area contributed by atoms with Crippen molar-refractivity contribution in [2.24, 2.45) is 7.05 Å². The molecular formula is C15H19BrN2O2. The Bertz CT molecular complexity index is 596. The van der Waals surface area contributed by atoms with Crippen LogP contribution in [0.5, 0.6) is 5.75 Å². The number of benzene rings is 1. The molecule has 0 aliphatic rings. The van der Waals surface area contributed by atoms with E-state index in [0.717, 1.165) is 21.4 Å². The van der Waals surface area contributed by atoms with Crippen molar-refractivity contribution in [3.8, 4) is 5.75 Å². The highest BCUT2D eigenvalue weighted by Crippen LogP contribution is 2.28. The molecular weight excluding hydrogens is 320 g/mol. The summed E-state index contributed by atoms with van der Waals surface area (Å²) in [5.74, 6) is 0.715. The third-order valence-corrected chi connectivity index (χ3v) is 4.32. The average molecular weight is 339 g/mol. The van der Waals surface area contributed by atoms with Gasteiger partial charge in [-0.15, -0.1) is 0 Å². The van der Waals surface area contributed by atoms with E-state index in [1.807, 2.05) is 45.2 Å². The zero-order valence-corrected chi connectivity index (χ0v) is 13.5. The van der Waals surface area contributed by atoms with Gasteiger partial charge in [0.25, 0.3) is 0 Å². The molecule has 0 spiro atoms. The fraction of sp³-hybridized carbons (Fsp3) is 0.400. The van der Waals surface area contributed by atoms with Gasteiger partial charge in [-0.05, 0) is 35.3 Å². The van der Waals surface area contributed by atoms with Crippen LogP contribution in [0.3, 0.4) is 0 Å². The van der Waals surface area contributed by atoms with Crippen LogP contribution in [0, 0.1) is 6.92 Å². The van der Waals surface area contributed by atoms with Gasteiger partial charge in [0, 0.05) is 12.6 Å². The lowest BCUT2D eigenvalue weighted by Crippen LogP contribution is -2.06. The standard InChI is InChI=1S/C15H19BrN2O2/c1-4-13(19)11-7-5-6-8-14(11)20-9-12-15(16)10(2)17-18(12)3/h5-8,13,19H,4,9H2,1-3H3/t13-/m1/s1. The number of aliphatic hydroxyl groups excluding tert-OH is 1.